The summed E-state index contributed by atoms with van der Waals surface area (Å²) in [5, 5.41) is 0. The third-order valence-corrected chi connectivity index (χ3v) is 11.6. The molecule has 0 saturated heterocycles. The topological polar surface area (TPSA) is 38.7 Å². The molecule has 9 rings (SSSR count). The molecule has 6 aliphatic carbocycles. The molecule has 0 N–H and O–H groups in total. The number of hydrogen-bond donors (Lipinski definition) is 0. The maximum absolute atomic E-state index is 5.32. The van der Waals surface area contributed by atoms with E-state index in [0.717, 1.165) is 34.6 Å². The van der Waals surface area contributed by atoms with Gasteiger partial charge >= 0.3 is 0 Å². The van der Waals surface area contributed by atoms with E-state index in [1.165, 1.54) is 35.4 Å². The van der Waals surface area contributed by atoms with E-state index in [0.29, 0.717) is 46.3 Å². The summed E-state index contributed by atoms with van der Waals surface area (Å²) in [7, 11) is 0. The first-order valence-corrected chi connectivity index (χ1v) is 15.0. The first-order chi connectivity index (χ1) is 18.0. The normalized spacial score (nSPS) is 31.3. The van der Waals surface area contributed by atoms with Gasteiger partial charge in [-0.1, -0.05) is 73.6 Å². The Morgan fingerprint density at radius 3 is 1.34 bits per heavy atom. The van der Waals surface area contributed by atoms with Gasteiger partial charge in [-0.05, 0) is 94.6 Å². The Bertz CT molecular complexity index is 1330. The van der Waals surface area contributed by atoms with Gasteiger partial charge in [-0.25, -0.2) is 4.98 Å². The van der Waals surface area contributed by atoms with Crippen LogP contribution >= 0.6 is 0 Å². The molecule has 3 aromatic rings. The molecule has 4 bridgehead atoms. The van der Waals surface area contributed by atoms with Crippen LogP contribution in [0.5, 0.6) is 0 Å². The second-order valence-electron chi connectivity index (χ2n) is 14.7. The minimum absolute atomic E-state index is 0.380. The minimum Gasteiger partial charge on any atom is -0.251 e. The number of rotatable bonds is 4. The molecule has 2 unspecified atom stereocenters. The molecular formula is C35H43N3. The molecule has 38 heavy (non-hydrogen) atoms. The maximum atomic E-state index is 5.32. The van der Waals surface area contributed by atoms with Crippen LogP contribution in [0.3, 0.4) is 0 Å². The van der Waals surface area contributed by atoms with Crippen molar-refractivity contribution in [3.63, 3.8) is 0 Å². The second kappa shape index (κ2) is 7.99. The fraction of sp³-hybridized carbons (Fsp3) is 0.571. The van der Waals surface area contributed by atoms with Crippen LogP contribution in [0.15, 0.2) is 42.5 Å². The molecule has 198 valence electrons. The van der Waals surface area contributed by atoms with E-state index in [-0.39, 0.29) is 0 Å². The van der Waals surface area contributed by atoms with E-state index in [9.17, 15) is 0 Å². The summed E-state index contributed by atoms with van der Waals surface area (Å²) in [4.78, 5) is 15.8. The third-order valence-electron chi connectivity index (χ3n) is 11.6. The molecule has 3 nitrogen and oxygen atoms in total. The molecule has 0 spiro atoms. The fourth-order valence-corrected chi connectivity index (χ4v) is 9.23. The van der Waals surface area contributed by atoms with E-state index >= 15 is 0 Å². The van der Waals surface area contributed by atoms with Gasteiger partial charge in [-0.15, -0.1) is 0 Å². The molecule has 3 heteroatoms. The van der Waals surface area contributed by atoms with E-state index in [1.54, 1.807) is 0 Å². The summed E-state index contributed by atoms with van der Waals surface area (Å²) in [6.07, 6.45) is 2.63. The zero-order valence-corrected chi connectivity index (χ0v) is 24.4. The monoisotopic (exact) mass is 505 g/mol. The van der Waals surface area contributed by atoms with Gasteiger partial charge in [-0.3, -0.25) is 9.97 Å². The van der Waals surface area contributed by atoms with Gasteiger partial charge < -0.3 is 0 Å². The van der Waals surface area contributed by atoms with Crippen LogP contribution in [0.2, 0.25) is 0 Å². The Morgan fingerprint density at radius 1 is 0.579 bits per heavy atom. The van der Waals surface area contributed by atoms with Crippen LogP contribution in [0.25, 0.3) is 22.8 Å². The molecule has 0 amide bonds. The lowest BCUT2D eigenvalue weighted by atomic mass is 9.43. The van der Waals surface area contributed by atoms with Crippen LogP contribution in [-0.2, 0) is 0 Å². The zero-order valence-electron chi connectivity index (χ0n) is 24.4. The Morgan fingerprint density at radius 2 is 0.974 bits per heavy atom. The van der Waals surface area contributed by atoms with E-state index in [1.807, 2.05) is 0 Å². The molecule has 2 saturated carbocycles. The summed E-state index contributed by atoms with van der Waals surface area (Å²) in [5.74, 6) is 4.97. The standard InChI is InChI=1S/C35H43N3/c1-18(2)30-24-16-22(34(24,5)6)20-12-14-28(37-32(20)30)26-10-9-11-27(36-26)29-15-13-21-23-17-25(35(23,7)8)31(19(3)4)33(21)38-29/h9-15,18-19,22-25,30-31H,16-17H2,1-8H3/t22-,23-,24+,25+,30?,31?/m1/s1. The van der Waals surface area contributed by atoms with Crippen molar-refractivity contribution in [2.45, 2.75) is 91.9 Å². The average molecular weight is 506 g/mol. The van der Waals surface area contributed by atoms with Crippen molar-refractivity contribution >= 4 is 0 Å². The smallest absolute Gasteiger partial charge is 0.0894 e. The lowest BCUT2D eigenvalue weighted by Crippen LogP contribution is -2.51. The Kier molecular flexibility index (Phi) is 5.15. The Hall–Kier alpha value is -2.55. The molecule has 3 aromatic heterocycles. The molecular weight excluding hydrogens is 462 g/mol. The quantitative estimate of drug-likeness (QED) is 0.355. The predicted molar refractivity (Wildman–Crippen MR) is 155 cm³/mol. The van der Waals surface area contributed by atoms with Gasteiger partial charge in [0.15, 0.2) is 0 Å². The SMILES string of the molecule is CC(C)C1c2nc(-c3cccc(-c4ccc5c(n4)C(C(C)C)[C@@H]4C[C@H]5C4(C)C)n3)ccc2[C@H]2C[C@@H]1C2(C)C. The van der Waals surface area contributed by atoms with Crippen molar-refractivity contribution in [3.05, 3.63) is 65.0 Å². The van der Waals surface area contributed by atoms with Crippen molar-refractivity contribution < 1.29 is 0 Å². The van der Waals surface area contributed by atoms with Crippen LogP contribution in [0.4, 0.5) is 0 Å². The van der Waals surface area contributed by atoms with Crippen molar-refractivity contribution in [1.29, 1.82) is 0 Å². The molecule has 6 atom stereocenters. The second-order valence-corrected chi connectivity index (χ2v) is 14.7. The van der Waals surface area contributed by atoms with Gasteiger partial charge in [0.25, 0.3) is 0 Å². The van der Waals surface area contributed by atoms with Crippen LogP contribution in [0, 0.1) is 34.5 Å². The predicted octanol–water partition coefficient (Wildman–Crippen LogP) is 8.97. The van der Waals surface area contributed by atoms with Crippen molar-refractivity contribution in [2.24, 2.45) is 34.5 Å². The fourth-order valence-electron chi connectivity index (χ4n) is 9.23. The van der Waals surface area contributed by atoms with E-state index in [4.69, 9.17) is 15.0 Å². The maximum Gasteiger partial charge on any atom is 0.0894 e. The van der Waals surface area contributed by atoms with Gasteiger partial charge in [-0.2, -0.15) is 0 Å². The van der Waals surface area contributed by atoms with Gasteiger partial charge in [0.1, 0.15) is 0 Å². The summed E-state index contributed by atoms with van der Waals surface area (Å²) in [6, 6.07) is 15.5. The highest BCUT2D eigenvalue weighted by molar-refractivity contribution is 5.63. The van der Waals surface area contributed by atoms with Crippen LogP contribution in [-0.4, -0.2) is 15.0 Å². The molecule has 3 heterocycles. The number of hydrogen-bond acceptors (Lipinski definition) is 3. The van der Waals surface area contributed by atoms with Crippen molar-refractivity contribution in [3.8, 4) is 22.8 Å². The summed E-state index contributed by atoms with van der Waals surface area (Å²) in [6.45, 7) is 19.3. The number of nitrogens with zero attached hydrogens (tertiary/aromatic N) is 3. The van der Waals surface area contributed by atoms with Crippen molar-refractivity contribution in [2.75, 3.05) is 0 Å². The van der Waals surface area contributed by atoms with Crippen LogP contribution < -0.4 is 0 Å². The minimum atomic E-state index is 0.380. The van der Waals surface area contributed by atoms with Gasteiger partial charge in [0.05, 0.1) is 22.8 Å². The lowest BCUT2D eigenvalue weighted by Gasteiger charge is -2.61. The number of aromatic nitrogens is 3. The highest BCUT2D eigenvalue weighted by atomic mass is 14.9. The highest BCUT2D eigenvalue weighted by Gasteiger charge is 2.59. The summed E-state index contributed by atoms with van der Waals surface area (Å²) >= 11 is 0. The van der Waals surface area contributed by atoms with Crippen molar-refractivity contribution in [1.82, 2.24) is 15.0 Å². The lowest BCUT2D eigenvalue weighted by molar-refractivity contribution is -0.0198. The highest BCUT2D eigenvalue weighted by Crippen LogP contribution is 2.68. The Balaban J connectivity index is 1.27. The van der Waals surface area contributed by atoms with Crippen LogP contribution in [0.1, 0.15) is 114 Å². The van der Waals surface area contributed by atoms with Gasteiger partial charge in [0, 0.05) is 23.2 Å². The molecule has 6 aliphatic rings. The third kappa shape index (κ3) is 3.17. The molecule has 0 aliphatic heterocycles. The summed E-state index contributed by atoms with van der Waals surface area (Å²) in [5.41, 5.74) is 10.3. The molecule has 2 fully saturated rings. The molecule has 0 aromatic carbocycles. The number of pyridine rings is 3. The Labute approximate surface area is 228 Å². The first kappa shape index (κ1) is 24.5. The van der Waals surface area contributed by atoms with E-state index < -0.39 is 0 Å². The largest absolute Gasteiger partial charge is 0.251 e. The molecule has 0 radical (unpaired) electrons. The average Bonchev–Trinajstić information content (AvgIpc) is 2.90. The zero-order chi connectivity index (χ0) is 26.7. The summed E-state index contributed by atoms with van der Waals surface area (Å²) < 4.78 is 0. The van der Waals surface area contributed by atoms with Gasteiger partial charge in [0.2, 0.25) is 0 Å². The van der Waals surface area contributed by atoms with E-state index in [2.05, 4.69) is 97.9 Å². The first-order valence-electron chi connectivity index (χ1n) is 15.0.